The van der Waals surface area contributed by atoms with Gasteiger partial charge in [0, 0.05) is 45.5 Å². The third kappa shape index (κ3) is 2.45. The highest BCUT2D eigenvalue weighted by Crippen LogP contribution is 2.25. The Morgan fingerprint density at radius 3 is 2.60 bits per heavy atom. The minimum absolute atomic E-state index is 0.0524. The molecule has 2 heterocycles. The molecule has 1 saturated carbocycles. The predicted octanol–water partition coefficient (Wildman–Crippen LogP) is 0.0913. The lowest BCUT2D eigenvalue weighted by atomic mass is 10.1. The fourth-order valence-corrected chi connectivity index (χ4v) is 3.35. The second-order valence-electron chi connectivity index (χ2n) is 5.73. The SMILES string of the molecule is Cn1nccc1C(=O)N1CCN([C@@H]2CCC[C@H]2O)CC1. The van der Waals surface area contributed by atoms with Gasteiger partial charge >= 0.3 is 0 Å². The summed E-state index contributed by atoms with van der Waals surface area (Å²) in [5, 5.41) is 14.0. The molecule has 0 radical (unpaired) electrons. The molecule has 110 valence electrons. The number of aliphatic hydroxyl groups is 1. The van der Waals surface area contributed by atoms with Gasteiger partial charge in [0.2, 0.25) is 0 Å². The Balaban J connectivity index is 1.58. The molecule has 3 rings (SSSR count). The maximum absolute atomic E-state index is 12.4. The fourth-order valence-electron chi connectivity index (χ4n) is 3.35. The number of aryl methyl sites for hydroxylation is 1. The number of nitrogens with zero attached hydrogens (tertiary/aromatic N) is 4. The standard InChI is InChI=1S/C14H22N4O2/c1-16-12(5-6-15-16)14(20)18-9-7-17(8-10-18)11-3-2-4-13(11)19/h5-6,11,13,19H,2-4,7-10H2,1H3/t11-,13-/m1/s1. The van der Waals surface area contributed by atoms with E-state index < -0.39 is 0 Å². The Kier molecular flexibility index (Phi) is 3.76. The van der Waals surface area contributed by atoms with E-state index in [2.05, 4.69) is 10.00 Å². The zero-order valence-electron chi connectivity index (χ0n) is 11.9. The van der Waals surface area contributed by atoms with Gasteiger partial charge in [-0.05, 0) is 25.3 Å². The summed E-state index contributed by atoms with van der Waals surface area (Å²) in [4.78, 5) is 16.6. The van der Waals surface area contributed by atoms with E-state index in [1.165, 1.54) is 0 Å². The van der Waals surface area contributed by atoms with Crippen LogP contribution < -0.4 is 0 Å². The largest absolute Gasteiger partial charge is 0.391 e. The zero-order chi connectivity index (χ0) is 14.1. The van der Waals surface area contributed by atoms with Crippen LogP contribution in [0.25, 0.3) is 0 Å². The number of aliphatic hydroxyl groups excluding tert-OH is 1. The van der Waals surface area contributed by atoms with Crippen LogP contribution in [0, 0.1) is 0 Å². The first-order chi connectivity index (χ1) is 9.66. The van der Waals surface area contributed by atoms with E-state index in [1.807, 2.05) is 4.90 Å². The molecular formula is C14H22N4O2. The van der Waals surface area contributed by atoms with Gasteiger partial charge in [-0.1, -0.05) is 0 Å². The van der Waals surface area contributed by atoms with Crippen LogP contribution in [0.5, 0.6) is 0 Å². The molecule has 2 fully saturated rings. The molecule has 1 aromatic heterocycles. The summed E-state index contributed by atoms with van der Waals surface area (Å²) in [6, 6.07) is 2.05. The summed E-state index contributed by atoms with van der Waals surface area (Å²) < 4.78 is 1.62. The van der Waals surface area contributed by atoms with Crippen LogP contribution in [0.2, 0.25) is 0 Å². The summed E-state index contributed by atoms with van der Waals surface area (Å²) in [5.41, 5.74) is 0.638. The lowest BCUT2D eigenvalue weighted by Crippen LogP contribution is -2.53. The molecule has 20 heavy (non-hydrogen) atoms. The van der Waals surface area contributed by atoms with Gasteiger partial charge < -0.3 is 10.0 Å². The monoisotopic (exact) mass is 278 g/mol. The van der Waals surface area contributed by atoms with E-state index in [0.717, 1.165) is 45.4 Å². The lowest BCUT2D eigenvalue weighted by Gasteiger charge is -2.39. The molecule has 6 nitrogen and oxygen atoms in total. The van der Waals surface area contributed by atoms with E-state index in [9.17, 15) is 9.90 Å². The van der Waals surface area contributed by atoms with Gasteiger partial charge in [-0.3, -0.25) is 14.4 Å². The molecule has 1 saturated heterocycles. The molecule has 1 aliphatic heterocycles. The number of aromatic nitrogens is 2. The van der Waals surface area contributed by atoms with E-state index in [4.69, 9.17) is 0 Å². The average molecular weight is 278 g/mol. The van der Waals surface area contributed by atoms with E-state index in [0.29, 0.717) is 11.7 Å². The maximum Gasteiger partial charge on any atom is 0.272 e. The van der Waals surface area contributed by atoms with Crippen molar-refractivity contribution < 1.29 is 9.90 Å². The lowest BCUT2D eigenvalue weighted by molar-refractivity contribution is 0.0311. The number of amides is 1. The van der Waals surface area contributed by atoms with Crippen molar-refractivity contribution in [3.8, 4) is 0 Å². The molecule has 6 heteroatoms. The van der Waals surface area contributed by atoms with Crippen molar-refractivity contribution in [2.24, 2.45) is 7.05 Å². The second kappa shape index (κ2) is 5.54. The highest BCUT2D eigenvalue weighted by Gasteiger charge is 2.33. The third-order valence-corrected chi connectivity index (χ3v) is 4.55. The number of piperazine rings is 1. The molecule has 0 bridgehead atoms. The summed E-state index contributed by atoms with van der Waals surface area (Å²) in [7, 11) is 1.79. The molecule has 1 amide bonds. The van der Waals surface area contributed by atoms with Crippen LogP contribution in [0.3, 0.4) is 0 Å². The molecule has 2 atom stereocenters. The molecule has 2 aliphatic rings. The zero-order valence-corrected chi connectivity index (χ0v) is 11.9. The van der Waals surface area contributed by atoms with E-state index in [1.54, 1.807) is 24.0 Å². The smallest absolute Gasteiger partial charge is 0.272 e. The quantitative estimate of drug-likeness (QED) is 0.833. The van der Waals surface area contributed by atoms with E-state index >= 15 is 0 Å². The van der Waals surface area contributed by atoms with Crippen molar-refractivity contribution in [1.29, 1.82) is 0 Å². The summed E-state index contributed by atoms with van der Waals surface area (Å²) in [5.74, 6) is 0.0524. The van der Waals surface area contributed by atoms with Crippen molar-refractivity contribution in [2.45, 2.75) is 31.4 Å². The third-order valence-electron chi connectivity index (χ3n) is 4.55. The Morgan fingerprint density at radius 1 is 1.30 bits per heavy atom. The summed E-state index contributed by atoms with van der Waals surface area (Å²) >= 11 is 0. The van der Waals surface area contributed by atoms with Gasteiger partial charge in [-0.25, -0.2) is 0 Å². The van der Waals surface area contributed by atoms with Gasteiger partial charge in [0.05, 0.1) is 6.10 Å². The molecule has 0 unspecified atom stereocenters. The first-order valence-electron chi connectivity index (χ1n) is 7.36. The van der Waals surface area contributed by atoms with Gasteiger partial charge in [0.15, 0.2) is 0 Å². The van der Waals surface area contributed by atoms with Gasteiger partial charge in [0.1, 0.15) is 5.69 Å². The molecule has 1 aromatic rings. The van der Waals surface area contributed by atoms with Crippen LogP contribution >= 0.6 is 0 Å². The van der Waals surface area contributed by atoms with Crippen LogP contribution in [0.15, 0.2) is 12.3 Å². The maximum atomic E-state index is 12.4. The first kappa shape index (κ1) is 13.6. The Labute approximate surface area is 119 Å². The minimum Gasteiger partial charge on any atom is -0.391 e. The van der Waals surface area contributed by atoms with Crippen LogP contribution in [-0.2, 0) is 7.05 Å². The number of hydrogen-bond acceptors (Lipinski definition) is 4. The van der Waals surface area contributed by atoms with Gasteiger partial charge in [0.25, 0.3) is 5.91 Å². The predicted molar refractivity (Wildman–Crippen MR) is 74.3 cm³/mol. The summed E-state index contributed by atoms with van der Waals surface area (Å²) in [6.45, 7) is 3.16. The van der Waals surface area contributed by atoms with Crippen molar-refractivity contribution in [1.82, 2.24) is 19.6 Å². The van der Waals surface area contributed by atoms with Crippen molar-refractivity contribution in [2.75, 3.05) is 26.2 Å². The van der Waals surface area contributed by atoms with Crippen LogP contribution in [0.4, 0.5) is 0 Å². The number of carbonyl (C=O) groups excluding carboxylic acids is 1. The average Bonchev–Trinajstić information content (AvgIpc) is 3.07. The highest BCUT2D eigenvalue weighted by molar-refractivity contribution is 5.92. The van der Waals surface area contributed by atoms with Crippen LogP contribution in [-0.4, -0.2) is 68.9 Å². The highest BCUT2D eigenvalue weighted by atomic mass is 16.3. The van der Waals surface area contributed by atoms with Gasteiger partial charge in [-0.15, -0.1) is 0 Å². The van der Waals surface area contributed by atoms with Crippen molar-refractivity contribution >= 4 is 5.91 Å². The summed E-state index contributed by atoms with van der Waals surface area (Å²) in [6.07, 6.45) is 4.57. The Hall–Kier alpha value is -1.40. The molecule has 1 N–H and O–H groups in total. The van der Waals surface area contributed by atoms with Crippen LogP contribution in [0.1, 0.15) is 29.8 Å². The minimum atomic E-state index is -0.186. The number of rotatable bonds is 2. The Bertz CT molecular complexity index is 479. The normalized spacial score (nSPS) is 28.0. The Morgan fingerprint density at radius 2 is 2.05 bits per heavy atom. The topological polar surface area (TPSA) is 61.6 Å². The van der Waals surface area contributed by atoms with Gasteiger partial charge in [-0.2, -0.15) is 5.10 Å². The van der Waals surface area contributed by atoms with Crippen molar-refractivity contribution in [3.63, 3.8) is 0 Å². The number of hydrogen-bond donors (Lipinski definition) is 1. The molecule has 0 spiro atoms. The van der Waals surface area contributed by atoms with Crippen molar-refractivity contribution in [3.05, 3.63) is 18.0 Å². The molecule has 0 aromatic carbocycles. The number of carbonyl (C=O) groups is 1. The second-order valence-corrected chi connectivity index (χ2v) is 5.73. The fraction of sp³-hybridized carbons (Fsp3) is 0.714. The van der Waals surface area contributed by atoms with E-state index in [-0.39, 0.29) is 12.0 Å². The molecular weight excluding hydrogens is 256 g/mol. The molecule has 1 aliphatic carbocycles. The first-order valence-corrected chi connectivity index (χ1v) is 7.36.